The fraction of sp³-hybridized carbons (Fsp3) is 0.650. The first kappa shape index (κ1) is 17.6. The highest BCUT2D eigenvalue weighted by Gasteiger charge is 2.25. The summed E-state index contributed by atoms with van der Waals surface area (Å²) in [6, 6.07) is 4.23. The molecular formula is C20H30N6. The van der Waals surface area contributed by atoms with Gasteiger partial charge in [0, 0.05) is 31.9 Å². The van der Waals surface area contributed by atoms with E-state index in [-0.39, 0.29) is 0 Å². The van der Waals surface area contributed by atoms with Crippen molar-refractivity contribution in [3.63, 3.8) is 0 Å². The van der Waals surface area contributed by atoms with Gasteiger partial charge in [-0.05, 0) is 69.6 Å². The lowest BCUT2D eigenvalue weighted by molar-refractivity contribution is 0.199. The van der Waals surface area contributed by atoms with E-state index in [9.17, 15) is 0 Å². The Labute approximate surface area is 156 Å². The quantitative estimate of drug-likeness (QED) is 0.826. The number of nitrogens with zero attached hydrogens (tertiary/aromatic N) is 6. The maximum atomic E-state index is 4.57. The van der Waals surface area contributed by atoms with Gasteiger partial charge in [-0.2, -0.15) is 0 Å². The molecule has 0 aliphatic carbocycles. The van der Waals surface area contributed by atoms with Crippen LogP contribution in [0.1, 0.15) is 55.2 Å². The van der Waals surface area contributed by atoms with Crippen LogP contribution in [0.4, 0.5) is 0 Å². The lowest BCUT2D eigenvalue weighted by Crippen LogP contribution is -2.33. The van der Waals surface area contributed by atoms with Crippen LogP contribution in [0.2, 0.25) is 0 Å². The molecule has 2 aliphatic rings. The van der Waals surface area contributed by atoms with Gasteiger partial charge in [0.05, 0.1) is 6.54 Å². The summed E-state index contributed by atoms with van der Waals surface area (Å²) in [4.78, 5) is 9.17. The van der Waals surface area contributed by atoms with Crippen molar-refractivity contribution >= 4 is 0 Å². The van der Waals surface area contributed by atoms with Crippen molar-refractivity contribution in [3.8, 4) is 0 Å². The van der Waals surface area contributed by atoms with Gasteiger partial charge < -0.3 is 4.57 Å². The molecule has 6 heteroatoms. The molecule has 0 aromatic carbocycles. The number of hydrogen-bond acceptors (Lipinski definition) is 5. The summed E-state index contributed by atoms with van der Waals surface area (Å²) in [6.45, 7) is 6.63. The third kappa shape index (κ3) is 4.13. The molecule has 0 bridgehead atoms. The first-order valence-electron chi connectivity index (χ1n) is 10.0. The monoisotopic (exact) mass is 354 g/mol. The van der Waals surface area contributed by atoms with Crippen LogP contribution in [0.3, 0.4) is 0 Å². The molecule has 2 fully saturated rings. The minimum absolute atomic E-state index is 0.538. The molecular weight excluding hydrogens is 324 g/mol. The van der Waals surface area contributed by atoms with E-state index in [0.717, 1.165) is 32.0 Å². The third-order valence-electron chi connectivity index (χ3n) is 5.92. The van der Waals surface area contributed by atoms with Gasteiger partial charge in [0.2, 0.25) is 0 Å². The number of piperidine rings is 2. The van der Waals surface area contributed by atoms with Gasteiger partial charge in [-0.25, -0.2) is 0 Å². The van der Waals surface area contributed by atoms with Crippen LogP contribution in [0, 0.1) is 0 Å². The number of aromatic nitrogens is 4. The minimum Gasteiger partial charge on any atom is -0.317 e. The van der Waals surface area contributed by atoms with E-state index in [0.29, 0.717) is 5.92 Å². The second kappa shape index (κ2) is 8.27. The Bertz CT molecular complexity index is 684. The summed E-state index contributed by atoms with van der Waals surface area (Å²) in [6.07, 6.45) is 10.1. The Morgan fingerprint density at radius 1 is 0.885 bits per heavy atom. The first-order valence-corrected chi connectivity index (χ1v) is 10.0. The van der Waals surface area contributed by atoms with Gasteiger partial charge in [-0.1, -0.05) is 6.42 Å². The van der Waals surface area contributed by atoms with E-state index in [1.807, 2.05) is 12.4 Å². The van der Waals surface area contributed by atoms with Crippen molar-refractivity contribution in [2.75, 3.05) is 26.2 Å². The van der Waals surface area contributed by atoms with E-state index in [1.165, 1.54) is 56.6 Å². The van der Waals surface area contributed by atoms with Gasteiger partial charge in [0.15, 0.2) is 0 Å². The molecule has 4 rings (SSSR count). The van der Waals surface area contributed by atoms with Crippen LogP contribution in [-0.4, -0.2) is 55.7 Å². The lowest BCUT2D eigenvalue weighted by atomic mass is 9.95. The van der Waals surface area contributed by atoms with Gasteiger partial charge >= 0.3 is 0 Å². The molecule has 2 aromatic rings. The van der Waals surface area contributed by atoms with E-state index >= 15 is 0 Å². The largest absolute Gasteiger partial charge is 0.317 e. The average molecular weight is 355 g/mol. The zero-order valence-electron chi connectivity index (χ0n) is 15.8. The highest BCUT2D eigenvalue weighted by molar-refractivity contribution is 5.10. The van der Waals surface area contributed by atoms with E-state index in [4.69, 9.17) is 0 Å². The van der Waals surface area contributed by atoms with Crippen LogP contribution >= 0.6 is 0 Å². The molecule has 4 heterocycles. The average Bonchev–Trinajstić information content (AvgIpc) is 3.05. The standard InChI is InChI=1S/C20H30N6/c1-24-19(16-25-11-3-2-4-12-25)22-23-20(24)18-7-13-26(14-8-18)15-17-5-9-21-10-6-17/h5-6,9-10,18H,2-4,7-8,11-16H2,1H3. The Morgan fingerprint density at radius 2 is 1.58 bits per heavy atom. The SMILES string of the molecule is Cn1c(CN2CCCCC2)nnc1C1CCN(Cc2ccncc2)CC1. The second-order valence-corrected chi connectivity index (χ2v) is 7.78. The predicted octanol–water partition coefficient (Wildman–Crippen LogP) is 2.58. The molecule has 0 unspecified atom stereocenters. The Balaban J connectivity index is 1.33. The molecule has 0 N–H and O–H groups in total. The van der Waals surface area contributed by atoms with Crippen molar-refractivity contribution in [3.05, 3.63) is 41.7 Å². The Hall–Kier alpha value is -1.79. The summed E-state index contributed by atoms with van der Waals surface area (Å²) in [5.41, 5.74) is 1.35. The Morgan fingerprint density at radius 3 is 2.31 bits per heavy atom. The summed E-state index contributed by atoms with van der Waals surface area (Å²) in [5.74, 6) is 2.85. The molecule has 0 atom stereocenters. The lowest BCUT2D eigenvalue weighted by Gasteiger charge is -2.31. The van der Waals surface area contributed by atoms with E-state index in [2.05, 4.69) is 48.7 Å². The third-order valence-corrected chi connectivity index (χ3v) is 5.92. The molecule has 6 nitrogen and oxygen atoms in total. The van der Waals surface area contributed by atoms with Gasteiger partial charge in [-0.3, -0.25) is 14.8 Å². The van der Waals surface area contributed by atoms with Gasteiger partial charge in [0.1, 0.15) is 11.6 Å². The molecule has 0 saturated carbocycles. The fourth-order valence-electron chi connectivity index (χ4n) is 4.28. The van der Waals surface area contributed by atoms with Crippen molar-refractivity contribution in [2.45, 2.75) is 51.1 Å². The van der Waals surface area contributed by atoms with Crippen LogP contribution < -0.4 is 0 Å². The predicted molar refractivity (Wildman–Crippen MR) is 102 cm³/mol. The van der Waals surface area contributed by atoms with Crippen LogP contribution in [0.5, 0.6) is 0 Å². The van der Waals surface area contributed by atoms with Crippen molar-refractivity contribution in [1.82, 2.24) is 29.5 Å². The molecule has 2 saturated heterocycles. The molecule has 0 radical (unpaired) electrons. The van der Waals surface area contributed by atoms with Gasteiger partial charge in [0.25, 0.3) is 0 Å². The normalized spacial score (nSPS) is 20.5. The molecule has 2 aromatic heterocycles. The molecule has 0 spiro atoms. The van der Waals surface area contributed by atoms with E-state index in [1.54, 1.807) is 0 Å². The maximum absolute atomic E-state index is 4.57. The van der Waals surface area contributed by atoms with Crippen LogP contribution in [0.15, 0.2) is 24.5 Å². The van der Waals surface area contributed by atoms with Crippen molar-refractivity contribution < 1.29 is 0 Å². The second-order valence-electron chi connectivity index (χ2n) is 7.78. The van der Waals surface area contributed by atoms with Crippen molar-refractivity contribution in [2.24, 2.45) is 7.05 Å². The number of hydrogen-bond donors (Lipinski definition) is 0. The number of likely N-dealkylation sites (tertiary alicyclic amines) is 2. The first-order chi connectivity index (χ1) is 12.8. The molecule has 140 valence electrons. The van der Waals surface area contributed by atoms with E-state index < -0.39 is 0 Å². The molecule has 26 heavy (non-hydrogen) atoms. The maximum Gasteiger partial charge on any atom is 0.146 e. The molecule has 2 aliphatic heterocycles. The summed E-state index contributed by atoms with van der Waals surface area (Å²) >= 11 is 0. The Kier molecular flexibility index (Phi) is 5.60. The summed E-state index contributed by atoms with van der Waals surface area (Å²) in [5, 5.41) is 9.10. The van der Waals surface area contributed by atoms with Crippen molar-refractivity contribution in [1.29, 1.82) is 0 Å². The highest BCUT2D eigenvalue weighted by atomic mass is 15.3. The smallest absolute Gasteiger partial charge is 0.146 e. The minimum atomic E-state index is 0.538. The summed E-state index contributed by atoms with van der Waals surface area (Å²) < 4.78 is 2.26. The van der Waals surface area contributed by atoms with Gasteiger partial charge in [-0.15, -0.1) is 10.2 Å². The van der Waals surface area contributed by atoms with Crippen LogP contribution in [-0.2, 0) is 20.1 Å². The number of rotatable bonds is 5. The summed E-state index contributed by atoms with van der Waals surface area (Å²) in [7, 11) is 2.15. The zero-order valence-corrected chi connectivity index (χ0v) is 15.8. The molecule has 0 amide bonds. The zero-order chi connectivity index (χ0) is 17.8. The number of pyridine rings is 1. The topological polar surface area (TPSA) is 50.1 Å². The highest BCUT2D eigenvalue weighted by Crippen LogP contribution is 2.27. The van der Waals surface area contributed by atoms with Crippen LogP contribution in [0.25, 0.3) is 0 Å². The fourth-order valence-corrected chi connectivity index (χ4v) is 4.28.